The molecule has 0 unspecified atom stereocenters. The summed E-state index contributed by atoms with van der Waals surface area (Å²) in [6.07, 6.45) is 0. The van der Waals surface area contributed by atoms with Gasteiger partial charge in [0, 0.05) is 6.07 Å². The summed E-state index contributed by atoms with van der Waals surface area (Å²) in [5.74, 6) is -1.03. The Morgan fingerprint density at radius 2 is 1.77 bits per heavy atom. The zero-order chi connectivity index (χ0) is 16.1. The van der Waals surface area contributed by atoms with Gasteiger partial charge in [0.2, 0.25) is 0 Å². The highest BCUT2D eigenvalue weighted by Crippen LogP contribution is 2.27. The minimum Gasteiger partial charge on any atom is -0.433 e. The molecule has 1 N–H and O–H groups in total. The van der Waals surface area contributed by atoms with Gasteiger partial charge < -0.3 is 10.1 Å². The maximum atomic E-state index is 12.3. The molecule has 0 aliphatic rings. The van der Waals surface area contributed by atoms with E-state index in [0.29, 0.717) is 0 Å². The molecule has 0 aromatic heterocycles. The van der Waals surface area contributed by atoms with Crippen LogP contribution in [0.25, 0.3) is 0 Å². The number of nitro groups is 1. The number of benzene rings is 2. The van der Waals surface area contributed by atoms with Crippen LogP contribution in [0.3, 0.4) is 0 Å². The van der Waals surface area contributed by atoms with Gasteiger partial charge in [0.15, 0.2) is 0 Å². The third kappa shape index (κ3) is 3.54. The van der Waals surface area contributed by atoms with Gasteiger partial charge in [-0.2, -0.15) is 8.78 Å². The van der Waals surface area contributed by atoms with Gasteiger partial charge in [0.25, 0.3) is 11.6 Å². The SMILES string of the molecule is O=C(Nc1ccccc1OC(F)F)c1ccccc1[N+](=O)[O-]. The van der Waals surface area contributed by atoms with E-state index in [1.165, 1.54) is 48.5 Å². The second-order valence-electron chi connectivity index (χ2n) is 4.10. The van der Waals surface area contributed by atoms with Crippen LogP contribution in [0.2, 0.25) is 0 Å². The van der Waals surface area contributed by atoms with Gasteiger partial charge in [-0.3, -0.25) is 14.9 Å². The summed E-state index contributed by atoms with van der Waals surface area (Å²) in [6.45, 7) is -3.05. The molecule has 1 amide bonds. The summed E-state index contributed by atoms with van der Waals surface area (Å²) in [7, 11) is 0. The molecule has 0 radical (unpaired) electrons. The fraction of sp³-hybridized carbons (Fsp3) is 0.0714. The molecule has 2 aromatic rings. The number of alkyl halides is 2. The molecule has 2 aromatic carbocycles. The molecule has 0 saturated heterocycles. The summed E-state index contributed by atoms with van der Waals surface area (Å²) >= 11 is 0. The fourth-order valence-corrected chi connectivity index (χ4v) is 1.78. The van der Waals surface area contributed by atoms with E-state index in [0.717, 1.165) is 0 Å². The lowest BCUT2D eigenvalue weighted by atomic mass is 10.1. The lowest BCUT2D eigenvalue weighted by molar-refractivity contribution is -0.385. The summed E-state index contributed by atoms with van der Waals surface area (Å²) < 4.78 is 28.9. The Balaban J connectivity index is 2.29. The van der Waals surface area contributed by atoms with E-state index in [2.05, 4.69) is 10.1 Å². The molecule has 0 heterocycles. The van der Waals surface area contributed by atoms with Crippen molar-refractivity contribution in [2.24, 2.45) is 0 Å². The van der Waals surface area contributed by atoms with Crippen LogP contribution in [0.15, 0.2) is 48.5 Å². The van der Waals surface area contributed by atoms with E-state index in [4.69, 9.17) is 0 Å². The van der Waals surface area contributed by atoms with Gasteiger partial charge in [0.05, 0.1) is 10.6 Å². The minimum atomic E-state index is -3.05. The molecule has 0 saturated carbocycles. The monoisotopic (exact) mass is 308 g/mol. The molecule has 0 spiro atoms. The quantitative estimate of drug-likeness (QED) is 0.677. The van der Waals surface area contributed by atoms with Gasteiger partial charge in [-0.05, 0) is 18.2 Å². The average Bonchev–Trinajstić information content (AvgIpc) is 2.48. The zero-order valence-corrected chi connectivity index (χ0v) is 11.0. The average molecular weight is 308 g/mol. The first-order chi connectivity index (χ1) is 10.5. The highest BCUT2D eigenvalue weighted by Gasteiger charge is 2.20. The van der Waals surface area contributed by atoms with Crippen LogP contribution in [0.1, 0.15) is 10.4 Å². The molecular weight excluding hydrogens is 298 g/mol. The number of carbonyl (C=O) groups is 1. The number of hydrogen-bond donors (Lipinski definition) is 1. The van der Waals surface area contributed by atoms with Crippen LogP contribution in [-0.2, 0) is 0 Å². The Morgan fingerprint density at radius 3 is 2.45 bits per heavy atom. The maximum Gasteiger partial charge on any atom is 0.387 e. The number of nitrogens with one attached hydrogen (secondary N) is 1. The molecule has 0 aliphatic carbocycles. The van der Waals surface area contributed by atoms with Crippen molar-refractivity contribution >= 4 is 17.3 Å². The van der Waals surface area contributed by atoms with Gasteiger partial charge in [-0.1, -0.05) is 24.3 Å². The van der Waals surface area contributed by atoms with Crippen LogP contribution in [0, 0.1) is 10.1 Å². The van der Waals surface area contributed by atoms with Crippen molar-refractivity contribution in [1.82, 2.24) is 0 Å². The number of nitro benzene ring substituents is 1. The molecule has 0 aliphatic heterocycles. The molecule has 22 heavy (non-hydrogen) atoms. The summed E-state index contributed by atoms with van der Waals surface area (Å²) in [5.41, 5.74) is -0.572. The predicted octanol–water partition coefficient (Wildman–Crippen LogP) is 3.45. The van der Waals surface area contributed by atoms with Crippen molar-refractivity contribution < 1.29 is 23.2 Å². The normalized spacial score (nSPS) is 10.3. The molecule has 6 nitrogen and oxygen atoms in total. The van der Waals surface area contributed by atoms with Crippen LogP contribution in [-0.4, -0.2) is 17.4 Å². The number of anilines is 1. The van der Waals surface area contributed by atoms with Crippen LogP contribution in [0.5, 0.6) is 5.75 Å². The number of para-hydroxylation sites is 3. The van der Waals surface area contributed by atoms with Gasteiger partial charge in [-0.15, -0.1) is 0 Å². The number of halogens is 2. The van der Waals surface area contributed by atoms with Crippen LogP contribution >= 0.6 is 0 Å². The molecule has 2 rings (SSSR count). The third-order valence-corrected chi connectivity index (χ3v) is 2.70. The predicted molar refractivity (Wildman–Crippen MR) is 74.1 cm³/mol. The summed E-state index contributed by atoms with van der Waals surface area (Å²) in [5, 5.41) is 13.2. The Bertz CT molecular complexity index is 707. The van der Waals surface area contributed by atoms with E-state index >= 15 is 0 Å². The van der Waals surface area contributed by atoms with Crippen LogP contribution < -0.4 is 10.1 Å². The van der Waals surface area contributed by atoms with E-state index in [-0.39, 0.29) is 22.7 Å². The lowest BCUT2D eigenvalue weighted by Gasteiger charge is -2.11. The first-order valence-electron chi connectivity index (χ1n) is 6.07. The number of carbonyl (C=O) groups excluding carboxylic acids is 1. The molecule has 8 heteroatoms. The van der Waals surface area contributed by atoms with E-state index in [1.807, 2.05) is 0 Å². The second kappa shape index (κ2) is 6.61. The van der Waals surface area contributed by atoms with Crippen LogP contribution in [0.4, 0.5) is 20.2 Å². The number of hydrogen-bond acceptors (Lipinski definition) is 4. The smallest absolute Gasteiger partial charge is 0.387 e. The largest absolute Gasteiger partial charge is 0.433 e. The fourth-order valence-electron chi connectivity index (χ4n) is 1.78. The van der Waals surface area contributed by atoms with Crippen molar-refractivity contribution in [2.45, 2.75) is 6.61 Å². The lowest BCUT2D eigenvalue weighted by Crippen LogP contribution is -2.15. The number of rotatable bonds is 5. The minimum absolute atomic E-state index is 0.00838. The summed E-state index contributed by atoms with van der Waals surface area (Å²) in [6, 6.07) is 10.9. The highest BCUT2D eigenvalue weighted by molar-refractivity contribution is 6.07. The molecule has 0 bridgehead atoms. The van der Waals surface area contributed by atoms with Crippen molar-refractivity contribution in [3.05, 3.63) is 64.2 Å². The van der Waals surface area contributed by atoms with E-state index in [9.17, 15) is 23.7 Å². The second-order valence-corrected chi connectivity index (χ2v) is 4.10. The van der Waals surface area contributed by atoms with Gasteiger partial charge >= 0.3 is 6.61 Å². The highest BCUT2D eigenvalue weighted by atomic mass is 19.3. The van der Waals surface area contributed by atoms with Crippen molar-refractivity contribution in [1.29, 1.82) is 0 Å². The number of nitrogens with zero attached hydrogens (tertiary/aromatic N) is 1. The number of ether oxygens (including phenoxy) is 1. The van der Waals surface area contributed by atoms with Gasteiger partial charge in [0.1, 0.15) is 11.3 Å². The summed E-state index contributed by atoms with van der Waals surface area (Å²) in [4.78, 5) is 22.3. The Labute approximate surface area is 123 Å². The molecule has 0 fully saturated rings. The molecular formula is C14H10F2N2O4. The maximum absolute atomic E-state index is 12.3. The van der Waals surface area contributed by atoms with Gasteiger partial charge in [-0.25, -0.2) is 0 Å². The Kier molecular flexibility index (Phi) is 4.62. The first kappa shape index (κ1) is 15.4. The van der Waals surface area contributed by atoms with Crippen molar-refractivity contribution in [3.8, 4) is 5.75 Å². The standard InChI is InChI=1S/C14H10F2N2O4/c15-14(16)22-12-8-4-2-6-10(12)17-13(19)9-5-1-3-7-11(9)18(20)21/h1-8,14H,(H,17,19). The Hall–Kier alpha value is -3.03. The molecule has 0 atom stereocenters. The first-order valence-corrected chi connectivity index (χ1v) is 6.07. The molecule has 114 valence electrons. The number of amides is 1. The van der Waals surface area contributed by atoms with Crippen molar-refractivity contribution in [3.63, 3.8) is 0 Å². The third-order valence-electron chi connectivity index (χ3n) is 2.70. The van der Waals surface area contributed by atoms with E-state index < -0.39 is 17.4 Å². The zero-order valence-electron chi connectivity index (χ0n) is 11.0. The van der Waals surface area contributed by atoms with Crippen molar-refractivity contribution in [2.75, 3.05) is 5.32 Å². The van der Waals surface area contributed by atoms with E-state index in [1.54, 1.807) is 0 Å². The Morgan fingerprint density at radius 1 is 1.14 bits per heavy atom. The topological polar surface area (TPSA) is 81.5 Å².